The molecular weight excluding hydrogens is 366 g/mol. The molecule has 10 atom stereocenters. The Morgan fingerprint density at radius 3 is 2.20 bits per heavy atom. The molecule has 0 saturated heterocycles. The van der Waals surface area contributed by atoms with E-state index < -0.39 is 0 Å². The van der Waals surface area contributed by atoms with Crippen LogP contribution in [0.25, 0.3) is 0 Å². The van der Waals surface area contributed by atoms with E-state index in [4.69, 9.17) is 5.73 Å². The van der Waals surface area contributed by atoms with Crippen molar-refractivity contribution < 1.29 is 5.11 Å². The van der Waals surface area contributed by atoms with Gasteiger partial charge in [-0.1, -0.05) is 53.9 Å². The van der Waals surface area contributed by atoms with Gasteiger partial charge >= 0.3 is 0 Å². The molecule has 0 unspecified atom stereocenters. The Kier molecular flexibility index (Phi) is 6.69. The van der Waals surface area contributed by atoms with Crippen molar-refractivity contribution >= 4 is 0 Å². The molecule has 0 spiro atoms. The van der Waals surface area contributed by atoms with E-state index in [1.165, 1.54) is 64.2 Å². The average Bonchev–Trinajstić information content (AvgIpc) is 3.05. The van der Waals surface area contributed by atoms with E-state index in [1.807, 2.05) is 0 Å². The maximum atomic E-state index is 10.6. The van der Waals surface area contributed by atoms with Gasteiger partial charge in [-0.25, -0.2) is 0 Å². The van der Waals surface area contributed by atoms with Gasteiger partial charge in [0.25, 0.3) is 0 Å². The van der Waals surface area contributed by atoms with Crippen molar-refractivity contribution in [1.29, 1.82) is 0 Å². The largest absolute Gasteiger partial charge is 0.393 e. The first kappa shape index (κ1) is 23.1. The minimum atomic E-state index is -0.152. The van der Waals surface area contributed by atoms with Crippen LogP contribution in [0, 0.1) is 58.2 Å². The quantitative estimate of drug-likeness (QED) is 0.508. The molecule has 4 aliphatic carbocycles. The fourth-order valence-electron chi connectivity index (χ4n) is 9.85. The van der Waals surface area contributed by atoms with Crippen LogP contribution in [0.4, 0.5) is 0 Å². The summed E-state index contributed by atoms with van der Waals surface area (Å²) in [5.41, 5.74) is 7.20. The third kappa shape index (κ3) is 3.70. The maximum absolute atomic E-state index is 10.6. The number of hydrogen-bond acceptors (Lipinski definition) is 2. The van der Waals surface area contributed by atoms with Gasteiger partial charge in [-0.2, -0.15) is 0 Å². The van der Waals surface area contributed by atoms with Crippen molar-refractivity contribution in [1.82, 2.24) is 0 Å². The Labute approximate surface area is 187 Å². The lowest BCUT2D eigenvalue weighted by Crippen LogP contribution is -2.57. The number of hydrogen-bond donors (Lipinski definition) is 2. The second-order valence-electron chi connectivity index (χ2n) is 13.1. The molecule has 2 nitrogen and oxygen atoms in total. The van der Waals surface area contributed by atoms with E-state index in [2.05, 4.69) is 34.6 Å². The molecule has 0 aliphatic heterocycles. The highest BCUT2D eigenvalue weighted by Crippen LogP contribution is 2.68. The molecule has 2 heteroatoms. The Morgan fingerprint density at radius 2 is 1.50 bits per heavy atom. The number of fused-ring (bicyclic) bond motifs is 5. The number of nitrogens with two attached hydrogens (primary N) is 1. The highest BCUT2D eigenvalue weighted by Gasteiger charge is 2.61. The fraction of sp³-hybridized carbons (Fsp3) is 1.00. The van der Waals surface area contributed by atoms with Gasteiger partial charge in [0, 0.05) is 5.92 Å². The Bertz CT molecular complexity index is 589. The van der Waals surface area contributed by atoms with E-state index in [0.717, 1.165) is 41.9 Å². The average molecular weight is 418 g/mol. The molecule has 4 aliphatic rings. The van der Waals surface area contributed by atoms with Crippen LogP contribution in [0.5, 0.6) is 0 Å². The molecule has 4 fully saturated rings. The molecule has 0 aromatic carbocycles. The van der Waals surface area contributed by atoms with Crippen LogP contribution in [0.15, 0.2) is 0 Å². The molecule has 0 bridgehead atoms. The summed E-state index contributed by atoms with van der Waals surface area (Å²) in [5.74, 6) is 6.47. The standard InChI is InChI=1S/C28H51NO/c1-18(2)7-6-8-19(3)22-11-12-23-20-9-10-24-21(17-29)26(30)14-16-28(24,5)25(20)13-15-27(22,23)4/h18-26,30H,6-17,29H2,1-5H3/t19-,20+,21+,22-,23+,24+,25+,26+,27-,28+/m1/s1. The van der Waals surface area contributed by atoms with Crippen LogP contribution in [-0.4, -0.2) is 17.8 Å². The normalized spacial score (nSPS) is 49.4. The minimum absolute atomic E-state index is 0.152. The second-order valence-corrected chi connectivity index (χ2v) is 13.1. The van der Waals surface area contributed by atoms with Gasteiger partial charge in [-0.05, 0) is 110 Å². The molecule has 3 N–H and O–H groups in total. The summed E-state index contributed by atoms with van der Waals surface area (Å²) in [5, 5.41) is 10.6. The van der Waals surface area contributed by atoms with Crippen LogP contribution >= 0.6 is 0 Å². The van der Waals surface area contributed by atoms with Crippen molar-refractivity contribution in [3.63, 3.8) is 0 Å². The molecule has 0 radical (unpaired) electrons. The summed E-state index contributed by atoms with van der Waals surface area (Å²) in [4.78, 5) is 0. The summed E-state index contributed by atoms with van der Waals surface area (Å²) >= 11 is 0. The number of aliphatic hydroxyl groups is 1. The molecular formula is C28H51NO. The lowest BCUT2D eigenvalue weighted by Gasteiger charge is -2.62. The molecule has 174 valence electrons. The fourth-order valence-corrected chi connectivity index (χ4v) is 9.85. The third-order valence-electron chi connectivity index (χ3n) is 11.4. The first-order chi connectivity index (χ1) is 14.2. The zero-order valence-corrected chi connectivity index (χ0v) is 20.7. The third-order valence-corrected chi connectivity index (χ3v) is 11.4. The van der Waals surface area contributed by atoms with Crippen molar-refractivity contribution in [3.05, 3.63) is 0 Å². The smallest absolute Gasteiger partial charge is 0.0583 e. The van der Waals surface area contributed by atoms with Crippen molar-refractivity contribution in [3.8, 4) is 0 Å². The molecule has 4 saturated carbocycles. The first-order valence-electron chi connectivity index (χ1n) is 13.6. The van der Waals surface area contributed by atoms with E-state index in [9.17, 15) is 5.11 Å². The van der Waals surface area contributed by atoms with E-state index in [-0.39, 0.29) is 6.10 Å². The van der Waals surface area contributed by atoms with Gasteiger partial charge in [0.2, 0.25) is 0 Å². The van der Waals surface area contributed by atoms with Crippen molar-refractivity contribution in [2.45, 2.75) is 111 Å². The summed E-state index contributed by atoms with van der Waals surface area (Å²) in [7, 11) is 0. The predicted molar refractivity (Wildman–Crippen MR) is 127 cm³/mol. The highest BCUT2D eigenvalue weighted by molar-refractivity contribution is 5.11. The first-order valence-corrected chi connectivity index (χ1v) is 13.6. The second kappa shape index (κ2) is 8.69. The molecule has 30 heavy (non-hydrogen) atoms. The van der Waals surface area contributed by atoms with Crippen LogP contribution in [0.1, 0.15) is 105 Å². The minimum Gasteiger partial charge on any atom is -0.393 e. The summed E-state index contributed by atoms with van der Waals surface area (Å²) in [6, 6.07) is 0. The molecule has 0 amide bonds. The zero-order valence-electron chi connectivity index (χ0n) is 20.7. The number of rotatable bonds is 6. The lowest BCUT2D eigenvalue weighted by atomic mass is 9.43. The summed E-state index contributed by atoms with van der Waals surface area (Å²) < 4.78 is 0. The van der Waals surface area contributed by atoms with E-state index in [1.54, 1.807) is 0 Å². The van der Waals surface area contributed by atoms with Gasteiger partial charge < -0.3 is 10.8 Å². The Balaban J connectivity index is 1.48. The Hall–Kier alpha value is -0.0800. The van der Waals surface area contributed by atoms with Gasteiger partial charge in [0.15, 0.2) is 0 Å². The van der Waals surface area contributed by atoms with Crippen molar-refractivity contribution in [2.75, 3.05) is 6.54 Å². The van der Waals surface area contributed by atoms with E-state index in [0.29, 0.717) is 29.2 Å². The van der Waals surface area contributed by atoms with Crippen molar-refractivity contribution in [2.24, 2.45) is 63.9 Å². The molecule has 0 aromatic rings. The topological polar surface area (TPSA) is 46.2 Å². The Morgan fingerprint density at radius 1 is 0.833 bits per heavy atom. The van der Waals surface area contributed by atoms with Gasteiger partial charge in [0.1, 0.15) is 0 Å². The van der Waals surface area contributed by atoms with Crippen LogP contribution in [0.2, 0.25) is 0 Å². The summed E-state index contributed by atoms with van der Waals surface area (Å²) in [6.45, 7) is 13.3. The predicted octanol–water partition coefficient (Wildman–Crippen LogP) is 6.65. The molecule has 4 rings (SSSR count). The maximum Gasteiger partial charge on any atom is 0.0583 e. The molecule has 0 heterocycles. The summed E-state index contributed by atoms with van der Waals surface area (Å²) in [6.07, 6.45) is 14.9. The number of aliphatic hydroxyl groups excluding tert-OH is 1. The monoisotopic (exact) mass is 417 g/mol. The van der Waals surface area contributed by atoms with Gasteiger partial charge in [0.05, 0.1) is 6.10 Å². The zero-order chi connectivity index (χ0) is 21.7. The molecule has 0 aromatic heterocycles. The highest BCUT2D eigenvalue weighted by atomic mass is 16.3. The van der Waals surface area contributed by atoms with E-state index >= 15 is 0 Å². The van der Waals surface area contributed by atoms with Gasteiger partial charge in [-0.15, -0.1) is 0 Å². The van der Waals surface area contributed by atoms with Crippen LogP contribution < -0.4 is 5.73 Å². The van der Waals surface area contributed by atoms with Crippen LogP contribution in [-0.2, 0) is 0 Å². The SMILES string of the molecule is CC(C)CCC[C@@H](C)[C@H]1CC[C@H]2[C@@H]3CC[C@H]4[C@H](CN)[C@@H](O)CC[C@]4(C)[C@H]3CC[C@]12C. The van der Waals surface area contributed by atoms with Crippen LogP contribution in [0.3, 0.4) is 0 Å². The lowest BCUT2D eigenvalue weighted by molar-refractivity contribution is -0.150. The van der Waals surface area contributed by atoms with Gasteiger partial charge in [-0.3, -0.25) is 0 Å².